The maximum Gasteiger partial charge on any atom is 0.269 e. The number of phenolic OH excluding ortho intramolecular Hbond substituents is 2. The average Bonchev–Trinajstić information content (AvgIpc) is 2.47. The van der Waals surface area contributed by atoms with Crippen LogP contribution in [0.5, 0.6) is 11.5 Å². The van der Waals surface area contributed by atoms with Gasteiger partial charge < -0.3 is 10.2 Å². The van der Waals surface area contributed by atoms with Crippen molar-refractivity contribution in [3.8, 4) is 11.5 Å². The predicted molar refractivity (Wildman–Crippen MR) is 73.6 cm³/mol. The van der Waals surface area contributed by atoms with Crippen molar-refractivity contribution >= 4 is 11.6 Å². The van der Waals surface area contributed by atoms with Gasteiger partial charge in [0, 0.05) is 23.5 Å². The first-order valence-electron chi connectivity index (χ1n) is 5.75. The minimum Gasteiger partial charge on any atom is -0.508 e. The maximum absolute atomic E-state index is 11.8. The van der Waals surface area contributed by atoms with Crippen molar-refractivity contribution in [2.24, 2.45) is 0 Å². The van der Waals surface area contributed by atoms with Crippen LogP contribution in [0.15, 0.2) is 49.3 Å². The normalized spacial score (nSPS) is 9.80. The second-order valence-electron chi connectivity index (χ2n) is 4.00. The number of pyridine rings is 1. The van der Waals surface area contributed by atoms with Crippen LogP contribution in [0.25, 0.3) is 5.70 Å². The summed E-state index contributed by atoms with van der Waals surface area (Å²) in [6, 6.07) is 7.14. The molecular formula is C14H13N3O3. The van der Waals surface area contributed by atoms with Crippen LogP contribution in [0.1, 0.15) is 15.9 Å². The Morgan fingerprint density at radius 3 is 2.50 bits per heavy atom. The number of aromatic nitrogens is 1. The summed E-state index contributed by atoms with van der Waals surface area (Å²) in [4.78, 5) is 15.6. The van der Waals surface area contributed by atoms with Gasteiger partial charge in [-0.2, -0.15) is 0 Å². The molecule has 20 heavy (non-hydrogen) atoms. The molecule has 0 aliphatic heterocycles. The number of hydrogen-bond donors (Lipinski definition) is 4. The molecule has 1 amide bonds. The highest BCUT2D eigenvalue weighted by atomic mass is 16.3. The third-order valence-corrected chi connectivity index (χ3v) is 2.57. The fraction of sp³-hybridized carbons (Fsp3) is 0. The van der Waals surface area contributed by atoms with Crippen molar-refractivity contribution < 1.29 is 15.0 Å². The van der Waals surface area contributed by atoms with Crippen LogP contribution in [0.4, 0.5) is 0 Å². The van der Waals surface area contributed by atoms with E-state index in [9.17, 15) is 15.0 Å². The Kier molecular flexibility index (Phi) is 3.85. The van der Waals surface area contributed by atoms with Gasteiger partial charge in [-0.05, 0) is 30.3 Å². The van der Waals surface area contributed by atoms with Gasteiger partial charge >= 0.3 is 0 Å². The summed E-state index contributed by atoms with van der Waals surface area (Å²) in [5.74, 6) is -0.437. The monoisotopic (exact) mass is 271 g/mol. The van der Waals surface area contributed by atoms with E-state index in [1.54, 1.807) is 12.1 Å². The summed E-state index contributed by atoms with van der Waals surface area (Å²) < 4.78 is 0. The molecule has 4 N–H and O–H groups in total. The van der Waals surface area contributed by atoms with E-state index in [0.717, 1.165) is 0 Å². The molecule has 2 aromatic rings. The van der Waals surface area contributed by atoms with Crippen molar-refractivity contribution in [3.63, 3.8) is 0 Å². The van der Waals surface area contributed by atoms with Crippen LogP contribution in [0, 0.1) is 0 Å². The molecule has 0 saturated heterocycles. The predicted octanol–water partition coefficient (Wildman–Crippen LogP) is 1.40. The first-order chi connectivity index (χ1) is 9.58. The summed E-state index contributed by atoms with van der Waals surface area (Å²) in [6.07, 6.45) is 3.01. The SMILES string of the molecule is C=C(NNC(=O)c1ccncc1)c1cc(O)ccc1O. The first-order valence-corrected chi connectivity index (χ1v) is 5.75. The number of benzene rings is 1. The van der Waals surface area contributed by atoms with Crippen LogP contribution in [-0.2, 0) is 0 Å². The Balaban J connectivity index is 2.02. The van der Waals surface area contributed by atoms with Crippen LogP contribution < -0.4 is 10.9 Å². The van der Waals surface area contributed by atoms with Crippen molar-refractivity contribution in [1.82, 2.24) is 15.8 Å². The summed E-state index contributed by atoms with van der Waals surface area (Å²) in [6.45, 7) is 3.68. The minimum atomic E-state index is -0.367. The van der Waals surface area contributed by atoms with Crippen molar-refractivity contribution in [2.75, 3.05) is 0 Å². The summed E-state index contributed by atoms with van der Waals surface area (Å²) in [7, 11) is 0. The lowest BCUT2D eigenvalue weighted by Gasteiger charge is -2.12. The summed E-state index contributed by atoms with van der Waals surface area (Å²) >= 11 is 0. The Morgan fingerprint density at radius 1 is 1.10 bits per heavy atom. The van der Waals surface area contributed by atoms with E-state index in [2.05, 4.69) is 22.4 Å². The second-order valence-corrected chi connectivity index (χ2v) is 4.00. The van der Waals surface area contributed by atoms with Crippen LogP contribution in [-0.4, -0.2) is 21.1 Å². The van der Waals surface area contributed by atoms with Gasteiger partial charge in [-0.3, -0.25) is 20.6 Å². The van der Waals surface area contributed by atoms with Crippen molar-refractivity contribution in [2.45, 2.75) is 0 Å². The Labute approximate surface area is 115 Å². The first kappa shape index (κ1) is 13.4. The topological polar surface area (TPSA) is 94.5 Å². The van der Waals surface area contributed by atoms with E-state index in [1.165, 1.54) is 30.6 Å². The number of hydrogen-bond acceptors (Lipinski definition) is 5. The zero-order valence-corrected chi connectivity index (χ0v) is 10.5. The third kappa shape index (κ3) is 3.05. The Morgan fingerprint density at radius 2 is 1.80 bits per heavy atom. The van der Waals surface area contributed by atoms with E-state index < -0.39 is 0 Å². The Hall–Kier alpha value is -3.02. The number of nitrogens with zero attached hydrogens (tertiary/aromatic N) is 1. The quantitative estimate of drug-likeness (QED) is 0.498. The summed E-state index contributed by atoms with van der Waals surface area (Å²) in [5.41, 5.74) is 5.99. The highest BCUT2D eigenvalue weighted by Gasteiger charge is 2.08. The fourth-order valence-electron chi connectivity index (χ4n) is 1.54. The molecule has 102 valence electrons. The third-order valence-electron chi connectivity index (χ3n) is 2.57. The molecule has 0 bridgehead atoms. The molecule has 0 spiro atoms. The van der Waals surface area contributed by atoms with Gasteiger partial charge in [0.2, 0.25) is 0 Å². The van der Waals surface area contributed by atoms with Gasteiger partial charge in [0.15, 0.2) is 0 Å². The minimum absolute atomic E-state index is 0.0128. The molecule has 1 aromatic carbocycles. The molecule has 6 heteroatoms. The highest BCUT2D eigenvalue weighted by molar-refractivity contribution is 5.94. The van der Waals surface area contributed by atoms with E-state index in [1.807, 2.05) is 0 Å². The van der Waals surface area contributed by atoms with Gasteiger partial charge in [-0.1, -0.05) is 6.58 Å². The van der Waals surface area contributed by atoms with E-state index in [-0.39, 0.29) is 23.1 Å². The lowest BCUT2D eigenvalue weighted by atomic mass is 10.1. The number of aromatic hydroxyl groups is 2. The fourth-order valence-corrected chi connectivity index (χ4v) is 1.54. The average molecular weight is 271 g/mol. The smallest absolute Gasteiger partial charge is 0.269 e. The highest BCUT2D eigenvalue weighted by Crippen LogP contribution is 2.26. The van der Waals surface area contributed by atoms with Crippen LogP contribution in [0.3, 0.4) is 0 Å². The molecule has 0 fully saturated rings. The number of nitrogens with one attached hydrogen (secondary N) is 2. The number of phenols is 2. The largest absolute Gasteiger partial charge is 0.508 e. The molecule has 0 aliphatic rings. The molecule has 0 radical (unpaired) electrons. The number of amides is 1. The molecule has 0 saturated carbocycles. The van der Waals surface area contributed by atoms with E-state index in [0.29, 0.717) is 11.1 Å². The van der Waals surface area contributed by atoms with Crippen LogP contribution in [0.2, 0.25) is 0 Å². The molecule has 6 nitrogen and oxygen atoms in total. The number of rotatable bonds is 4. The Bertz CT molecular complexity index is 641. The van der Waals surface area contributed by atoms with Gasteiger partial charge in [-0.15, -0.1) is 0 Å². The van der Waals surface area contributed by atoms with Crippen molar-refractivity contribution in [3.05, 3.63) is 60.4 Å². The van der Waals surface area contributed by atoms with Gasteiger partial charge in [0.25, 0.3) is 5.91 Å². The van der Waals surface area contributed by atoms with Crippen LogP contribution >= 0.6 is 0 Å². The van der Waals surface area contributed by atoms with Gasteiger partial charge in [0.05, 0.1) is 5.70 Å². The number of carbonyl (C=O) groups excluding carboxylic acids is 1. The molecule has 0 unspecified atom stereocenters. The van der Waals surface area contributed by atoms with E-state index in [4.69, 9.17) is 0 Å². The molecule has 2 rings (SSSR count). The molecule has 1 aromatic heterocycles. The summed E-state index contributed by atoms with van der Waals surface area (Å²) in [5, 5.41) is 19.0. The molecule has 0 aliphatic carbocycles. The van der Waals surface area contributed by atoms with Gasteiger partial charge in [0.1, 0.15) is 11.5 Å². The lowest BCUT2D eigenvalue weighted by Crippen LogP contribution is -2.35. The maximum atomic E-state index is 11.8. The zero-order valence-electron chi connectivity index (χ0n) is 10.5. The van der Waals surface area contributed by atoms with Crippen molar-refractivity contribution in [1.29, 1.82) is 0 Å². The number of carbonyl (C=O) groups is 1. The zero-order chi connectivity index (χ0) is 14.5. The number of hydrazine groups is 1. The standard InChI is InChI=1S/C14H13N3O3/c1-9(12-8-11(18)2-3-13(12)19)16-17-14(20)10-4-6-15-7-5-10/h2-8,16,18-19H,1H2,(H,17,20). The second kappa shape index (κ2) is 5.75. The lowest BCUT2D eigenvalue weighted by molar-refractivity contribution is 0.0942. The molecular weight excluding hydrogens is 258 g/mol. The van der Waals surface area contributed by atoms with E-state index >= 15 is 0 Å². The molecule has 0 atom stereocenters. The molecule has 1 heterocycles. The van der Waals surface area contributed by atoms with Gasteiger partial charge in [-0.25, -0.2) is 0 Å².